The Kier molecular flexibility index (Phi) is 4.80. The molecule has 0 bridgehead atoms. The van der Waals surface area contributed by atoms with Crippen LogP contribution in [0.2, 0.25) is 0 Å². The third-order valence-electron chi connectivity index (χ3n) is 2.45. The van der Waals surface area contributed by atoms with Gasteiger partial charge in [-0.1, -0.05) is 13.8 Å². The van der Waals surface area contributed by atoms with E-state index in [0.717, 1.165) is 0 Å². The zero-order valence-corrected chi connectivity index (χ0v) is 15.2. The quantitative estimate of drug-likeness (QED) is 0.463. The van der Waals surface area contributed by atoms with Gasteiger partial charge < -0.3 is 0 Å². The summed E-state index contributed by atoms with van der Waals surface area (Å²) in [6.45, 7) is 4.50. The van der Waals surface area contributed by atoms with Crippen molar-refractivity contribution in [2.75, 3.05) is 0 Å². The molecule has 0 saturated carbocycles. The molecule has 82 valence electrons. The van der Waals surface area contributed by atoms with Crippen molar-refractivity contribution in [1.29, 1.82) is 0 Å². The summed E-state index contributed by atoms with van der Waals surface area (Å²) in [5.74, 6) is 0. The van der Waals surface area contributed by atoms with Gasteiger partial charge in [-0.25, -0.2) is 0 Å². The van der Waals surface area contributed by atoms with Gasteiger partial charge in [-0.05, 0) is 37.4 Å². The maximum absolute atomic E-state index is 2.87. The van der Waals surface area contributed by atoms with E-state index in [1.165, 1.54) is 32.1 Å². The van der Waals surface area contributed by atoms with Crippen LogP contribution in [0.1, 0.15) is 19.4 Å². The summed E-state index contributed by atoms with van der Waals surface area (Å²) >= 11 is 0. The smallest absolute Gasteiger partial charge is 0.105 e. The number of hydrogen-bond acceptors (Lipinski definition) is 0. The Balaban J connectivity index is 3.68. The Hall–Kier alpha value is 1.43. The van der Waals surface area contributed by atoms with Crippen molar-refractivity contribution in [3.8, 4) is 0 Å². The Morgan fingerprint density at radius 2 is 1.00 bits per heavy atom. The van der Waals surface area contributed by atoms with Crippen molar-refractivity contribution in [3.05, 3.63) is 5.56 Å². The van der Waals surface area contributed by atoms with E-state index in [1.54, 1.807) is 0 Å². The molecule has 1 aromatic rings. The molecule has 0 N–H and O–H groups in total. The molecule has 0 aliphatic heterocycles. The van der Waals surface area contributed by atoms with Crippen LogP contribution in [-0.4, -0.2) is 7.85 Å². The molecule has 0 nitrogen and oxygen atoms in total. The van der Waals surface area contributed by atoms with Crippen molar-refractivity contribution in [1.82, 2.24) is 0 Å². The molecule has 0 aliphatic carbocycles. The lowest BCUT2D eigenvalue weighted by atomic mass is 9.67. The summed E-state index contributed by atoms with van der Waals surface area (Å²) in [5.41, 5.74) is 1.40. The van der Waals surface area contributed by atoms with Crippen molar-refractivity contribution < 1.29 is 0 Å². The van der Waals surface area contributed by atoms with Gasteiger partial charge in [-0.15, -0.1) is 46.2 Å². The number of rotatable bonds is 1. The van der Waals surface area contributed by atoms with Gasteiger partial charge in [-0.3, -0.25) is 0 Å². The summed E-state index contributed by atoms with van der Waals surface area (Å²) < 4.78 is 0. The molecule has 0 heterocycles. The molecular weight excluding hydrogens is 274 g/mol. The van der Waals surface area contributed by atoms with Gasteiger partial charge in [-0.2, -0.15) is 0 Å². The van der Waals surface area contributed by atoms with E-state index < -0.39 is 0 Å². The second-order valence-electron chi connectivity index (χ2n) is 4.69. The van der Waals surface area contributed by atoms with Gasteiger partial charge in [0, 0.05) is 0 Å². The summed E-state index contributed by atoms with van der Waals surface area (Å²) in [6.07, 6.45) is 0. The minimum Gasteiger partial charge on any atom is -0.105 e. The molecule has 5 atom stereocenters. The average molecular weight is 292 g/mol. The maximum atomic E-state index is 2.87. The van der Waals surface area contributed by atoms with Gasteiger partial charge >= 0.3 is 0 Å². The second kappa shape index (κ2) is 4.97. The predicted octanol–water partition coefficient (Wildman–Crippen LogP) is -0.943. The fourth-order valence-electron chi connectivity index (χ4n) is 1.66. The first-order valence-electron chi connectivity index (χ1n) is 4.69. The first kappa shape index (κ1) is 14.5. The van der Waals surface area contributed by atoms with Gasteiger partial charge in [0.05, 0.1) is 0 Å². The molecule has 0 amide bonds. The van der Waals surface area contributed by atoms with Crippen molar-refractivity contribution in [2.24, 2.45) is 0 Å². The average Bonchev–Trinajstić information content (AvgIpc) is 2.09. The Labute approximate surface area is 105 Å². The maximum Gasteiger partial charge on any atom is 0.114 e. The SMILES string of the molecule is BC(C)(C)c1c(P)c(P)c(P)c(P)c1P. The monoisotopic (exact) mass is 292 g/mol. The summed E-state index contributed by atoms with van der Waals surface area (Å²) in [5, 5.41) is 6.57. The van der Waals surface area contributed by atoms with E-state index in [9.17, 15) is 0 Å². The third-order valence-corrected chi connectivity index (χ3v) is 6.85. The molecule has 1 aromatic carbocycles. The molecule has 0 radical (unpaired) electrons. The van der Waals surface area contributed by atoms with Crippen molar-refractivity contribution in [2.45, 2.75) is 19.2 Å². The lowest BCUT2D eigenvalue weighted by Crippen LogP contribution is -2.46. The van der Waals surface area contributed by atoms with Crippen LogP contribution in [0.4, 0.5) is 0 Å². The standard InChI is InChI=1S/C9H18BP5/c1-9(2,10)3-4(11)6(13)8(15)7(14)5(3)12/h10-15H2,1-2H3. The van der Waals surface area contributed by atoms with Crippen LogP contribution in [-0.2, 0) is 5.31 Å². The van der Waals surface area contributed by atoms with E-state index in [0.29, 0.717) is 0 Å². The fourth-order valence-corrected chi connectivity index (χ4v) is 4.72. The van der Waals surface area contributed by atoms with Crippen LogP contribution < -0.4 is 26.5 Å². The molecule has 6 heteroatoms. The molecule has 1 rings (SSSR count). The number of hydrogen-bond donors (Lipinski definition) is 0. The second-order valence-corrected chi connectivity index (χ2v) is 7.58. The van der Waals surface area contributed by atoms with E-state index in [2.05, 4.69) is 67.9 Å². The summed E-state index contributed by atoms with van der Waals surface area (Å²) in [7, 11) is 16.4. The Morgan fingerprint density at radius 1 is 0.733 bits per heavy atom. The molecule has 15 heavy (non-hydrogen) atoms. The van der Waals surface area contributed by atoms with Crippen LogP contribution in [0, 0.1) is 0 Å². The largest absolute Gasteiger partial charge is 0.114 e. The highest BCUT2D eigenvalue weighted by atomic mass is 31.0. The Morgan fingerprint density at radius 3 is 1.27 bits per heavy atom. The third kappa shape index (κ3) is 2.82. The van der Waals surface area contributed by atoms with Crippen molar-refractivity contribution >= 4 is 80.6 Å². The van der Waals surface area contributed by atoms with Crippen LogP contribution in [0.25, 0.3) is 0 Å². The first-order valence-corrected chi connectivity index (χ1v) is 7.58. The Bertz CT molecular complexity index is 379. The zero-order chi connectivity index (χ0) is 12.0. The summed E-state index contributed by atoms with van der Waals surface area (Å²) in [6, 6.07) is 0. The van der Waals surface area contributed by atoms with Gasteiger partial charge in [0.25, 0.3) is 0 Å². The van der Waals surface area contributed by atoms with Crippen LogP contribution in [0.5, 0.6) is 0 Å². The predicted molar refractivity (Wildman–Crippen MR) is 94.7 cm³/mol. The lowest BCUT2D eigenvalue weighted by molar-refractivity contribution is 0.777. The van der Waals surface area contributed by atoms with E-state index >= 15 is 0 Å². The normalized spacial score (nSPS) is 11.9. The molecule has 0 aliphatic rings. The minimum absolute atomic E-state index is 0.170. The van der Waals surface area contributed by atoms with Crippen molar-refractivity contribution in [3.63, 3.8) is 0 Å². The lowest BCUT2D eigenvalue weighted by Gasteiger charge is -2.27. The highest BCUT2D eigenvalue weighted by molar-refractivity contribution is 7.45. The van der Waals surface area contributed by atoms with Gasteiger partial charge in [0.15, 0.2) is 0 Å². The fraction of sp³-hybridized carbons (Fsp3) is 0.333. The highest BCUT2D eigenvalue weighted by Crippen LogP contribution is 2.19. The minimum atomic E-state index is 0.170. The zero-order valence-electron chi connectivity index (χ0n) is 9.39. The number of benzene rings is 1. The van der Waals surface area contributed by atoms with E-state index in [1.807, 2.05) is 0 Å². The van der Waals surface area contributed by atoms with Gasteiger partial charge in [0.1, 0.15) is 7.85 Å². The van der Waals surface area contributed by atoms with E-state index in [4.69, 9.17) is 0 Å². The van der Waals surface area contributed by atoms with Crippen LogP contribution in [0.3, 0.4) is 0 Å². The molecular formula is C9H18BP5. The van der Waals surface area contributed by atoms with E-state index in [-0.39, 0.29) is 5.31 Å². The first-order chi connectivity index (χ1) is 6.68. The van der Waals surface area contributed by atoms with Crippen LogP contribution >= 0.6 is 46.2 Å². The molecule has 5 unspecified atom stereocenters. The summed E-state index contributed by atoms with van der Waals surface area (Å²) in [4.78, 5) is 0. The van der Waals surface area contributed by atoms with Gasteiger partial charge in [0.2, 0.25) is 0 Å². The molecule has 0 aromatic heterocycles. The molecule has 0 saturated heterocycles. The molecule has 0 fully saturated rings. The van der Waals surface area contributed by atoms with Crippen LogP contribution in [0.15, 0.2) is 0 Å². The molecule has 0 spiro atoms. The topological polar surface area (TPSA) is 0 Å². The highest BCUT2D eigenvalue weighted by Gasteiger charge is 2.22.